The number of hydrogen-bond donors (Lipinski definition) is 1. The molecule has 0 aliphatic heterocycles. The maximum absolute atomic E-state index is 12.2. The Morgan fingerprint density at radius 1 is 0.955 bits per heavy atom. The lowest BCUT2D eigenvalue weighted by atomic mass is 10.0. The summed E-state index contributed by atoms with van der Waals surface area (Å²) in [7, 11) is 0. The first-order valence-electron chi connectivity index (χ1n) is 7.41. The number of nitrogens with zero attached hydrogens (tertiary/aromatic N) is 1. The first kappa shape index (κ1) is 16.2. The van der Waals surface area contributed by atoms with Crippen LogP contribution < -0.4 is 5.32 Å². The minimum atomic E-state index is -0.170. The van der Waals surface area contributed by atoms with Crippen LogP contribution in [0.5, 0.6) is 0 Å². The van der Waals surface area contributed by atoms with Gasteiger partial charge in [0.2, 0.25) is 0 Å². The lowest BCUT2D eigenvalue weighted by molar-refractivity contribution is 0.0973. The summed E-state index contributed by atoms with van der Waals surface area (Å²) in [5, 5.41) is 3.25. The maximum Gasteiger partial charge on any atom is 0.257 e. The van der Waals surface area contributed by atoms with E-state index in [-0.39, 0.29) is 5.91 Å². The highest BCUT2D eigenvalue weighted by molar-refractivity contribution is 7.80. The smallest absolute Gasteiger partial charge is 0.257 e. The van der Waals surface area contributed by atoms with Crippen LogP contribution in [0.1, 0.15) is 24.2 Å². The average Bonchev–Trinajstić information content (AvgIpc) is 2.57. The number of carbonyl (C=O) groups is 1. The van der Waals surface area contributed by atoms with Crippen LogP contribution in [0.3, 0.4) is 0 Å². The second-order valence-corrected chi connectivity index (χ2v) is 5.26. The van der Waals surface area contributed by atoms with Crippen LogP contribution in [0.2, 0.25) is 0 Å². The second-order valence-electron chi connectivity index (χ2n) is 4.87. The first-order valence-corrected chi connectivity index (χ1v) is 7.82. The van der Waals surface area contributed by atoms with Crippen LogP contribution in [-0.4, -0.2) is 29.0 Å². The largest absolute Gasteiger partial charge is 0.350 e. The number of hydrogen-bond acceptors (Lipinski definition) is 2. The molecule has 0 saturated carbocycles. The van der Waals surface area contributed by atoms with E-state index in [2.05, 4.69) is 5.32 Å². The van der Waals surface area contributed by atoms with Gasteiger partial charge in [-0.2, -0.15) is 0 Å². The monoisotopic (exact) mass is 312 g/mol. The van der Waals surface area contributed by atoms with Gasteiger partial charge in [-0.1, -0.05) is 42.5 Å². The molecule has 1 N–H and O–H groups in total. The molecule has 0 spiro atoms. The third-order valence-corrected chi connectivity index (χ3v) is 3.89. The van der Waals surface area contributed by atoms with Crippen LogP contribution in [0.4, 0.5) is 0 Å². The van der Waals surface area contributed by atoms with Crippen LogP contribution in [-0.2, 0) is 0 Å². The molecule has 0 atom stereocenters. The lowest BCUT2D eigenvalue weighted by Gasteiger charge is -2.21. The normalized spacial score (nSPS) is 10.1. The molecule has 0 unspecified atom stereocenters. The Labute approximate surface area is 137 Å². The van der Waals surface area contributed by atoms with Crippen LogP contribution in [0, 0.1) is 0 Å². The number of thiocarbonyl (C=S) groups is 1. The van der Waals surface area contributed by atoms with E-state index in [1.54, 1.807) is 0 Å². The van der Waals surface area contributed by atoms with Crippen molar-refractivity contribution in [3.63, 3.8) is 0 Å². The van der Waals surface area contributed by atoms with Crippen LogP contribution in [0.25, 0.3) is 11.1 Å². The third-order valence-electron chi connectivity index (χ3n) is 3.53. The molecule has 0 aliphatic rings. The summed E-state index contributed by atoms with van der Waals surface area (Å²) in [6.45, 7) is 5.58. The number of carbonyl (C=O) groups excluding carboxylic acids is 1. The molecule has 0 fully saturated rings. The highest BCUT2D eigenvalue weighted by Crippen LogP contribution is 2.19. The number of amides is 1. The zero-order valence-electron chi connectivity index (χ0n) is 12.9. The zero-order valence-corrected chi connectivity index (χ0v) is 13.7. The van der Waals surface area contributed by atoms with Gasteiger partial charge in [-0.05, 0) is 49.3 Å². The molecule has 1 amide bonds. The fourth-order valence-corrected chi connectivity index (χ4v) is 2.55. The van der Waals surface area contributed by atoms with Gasteiger partial charge in [-0.15, -0.1) is 0 Å². The van der Waals surface area contributed by atoms with Gasteiger partial charge in [0.25, 0.3) is 5.91 Å². The molecule has 0 saturated heterocycles. The predicted octanol–water partition coefficient (Wildman–Crippen LogP) is 3.71. The molecular formula is C18H20N2OS. The molecule has 2 rings (SSSR count). The van der Waals surface area contributed by atoms with E-state index in [1.807, 2.05) is 73.3 Å². The number of nitrogens with one attached hydrogen (secondary N) is 1. The molecule has 4 heteroatoms. The highest BCUT2D eigenvalue weighted by atomic mass is 32.1. The summed E-state index contributed by atoms with van der Waals surface area (Å²) >= 11 is 5.25. The Balaban J connectivity index is 2.07. The molecule has 2 aromatic rings. The molecule has 114 valence electrons. The van der Waals surface area contributed by atoms with Crippen molar-refractivity contribution in [3.8, 4) is 11.1 Å². The van der Waals surface area contributed by atoms with Crippen molar-refractivity contribution in [2.45, 2.75) is 13.8 Å². The fourth-order valence-electron chi connectivity index (χ4n) is 2.20. The standard InChI is InChI=1S/C18H20N2OS/c1-3-20(4-2)18(22)19-17(21)16-12-10-15(11-13-16)14-8-6-5-7-9-14/h5-13H,3-4H2,1-2H3,(H,19,21,22). The summed E-state index contributed by atoms with van der Waals surface area (Å²) in [4.78, 5) is 14.2. The Morgan fingerprint density at radius 3 is 2.05 bits per heavy atom. The quantitative estimate of drug-likeness (QED) is 0.874. The van der Waals surface area contributed by atoms with Crippen molar-refractivity contribution in [3.05, 3.63) is 60.2 Å². The summed E-state index contributed by atoms with van der Waals surface area (Å²) < 4.78 is 0. The van der Waals surface area contributed by atoms with Crippen LogP contribution in [0.15, 0.2) is 54.6 Å². The minimum Gasteiger partial charge on any atom is -0.350 e. The Bertz CT molecular complexity index is 634. The Kier molecular flexibility index (Phi) is 5.67. The molecule has 2 aromatic carbocycles. The van der Waals surface area contributed by atoms with Crippen molar-refractivity contribution in [2.75, 3.05) is 13.1 Å². The van der Waals surface area contributed by atoms with E-state index < -0.39 is 0 Å². The minimum absolute atomic E-state index is 0.170. The van der Waals surface area contributed by atoms with Gasteiger partial charge >= 0.3 is 0 Å². The lowest BCUT2D eigenvalue weighted by Crippen LogP contribution is -2.42. The highest BCUT2D eigenvalue weighted by Gasteiger charge is 2.11. The molecule has 22 heavy (non-hydrogen) atoms. The van der Waals surface area contributed by atoms with E-state index >= 15 is 0 Å². The van der Waals surface area contributed by atoms with E-state index in [4.69, 9.17) is 12.2 Å². The van der Waals surface area contributed by atoms with Crippen molar-refractivity contribution >= 4 is 23.2 Å². The average molecular weight is 312 g/mol. The van der Waals surface area contributed by atoms with Crippen molar-refractivity contribution in [1.29, 1.82) is 0 Å². The molecule has 0 heterocycles. The van der Waals surface area contributed by atoms with Gasteiger partial charge in [0.05, 0.1) is 0 Å². The van der Waals surface area contributed by atoms with Gasteiger partial charge in [0.1, 0.15) is 0 Å². The maximum atomic E-state index is 12.2. The van der Waals surface area contributed by atoms with Crippen molar-refractivity contribution in [2.24, 2.45) is 0 Å². The summed E-state index contributed by atoms with van der Waals surface area (Å²) in [6, 6.07) is 17.6. The number of rotatable bonds is 4. The molecule has 3 nitrogen and oxygen atoms in total. The van der Waals surface area contributed by atoms with Gasteiger partial charge in [0.15, 0.2) is 5.11 Å². The SMILES string of the molecule is CCN(CC)C(=S)NC(=O)c1ccc(-c2ccccc2)cc1. The molecule has 0 aromatic heterocycles. The molecule has 0 radical (unpaired) electrons. The van der Waals surface area contributed by atoms with Gasteiger partial charge in [0, 0.05) is 18.7 Å². The van der Waals surface area contributed by atoms with Crippen molar-refractivity contribution in [1.82, 2.24) is 10.2 Å². The van der Waals surface area contributed by atoms with E-state index in [1.165, 1.54) is 0 Å². The van der Waals surface area contributed by atoms with Gasteiger partial charge < -0.3 is 4.90 Å². The van der Waals surface area contributed by atoms with Crippen LogP contribution >= 0.6 is 12.2 Å². The Hall–Kier alpha value is -2.20. The van der Waals surface area contributed by atoms with E-state index in [0.29, 0.717) is 10.7 Å². The van der Waals surface area contributed by atoms with E-state index in [0.717, 1.165) is 24.2 Å². The van der Waals surface area contributed by atoms with E-state index in [9.17, 15) is 4.79 Å². The van der Waals surface area contributed by atoms with Gasteiger partial charge in [-0.25, -0.2) is 0 Å². The fraction of sp³-hybridized carbons (Fsp3) is 0.222. The zero-order chi connectivity index (χ0) is 15.9. The summed E-state index contributed by atoms with van der Waals surface area (Å²) in [5.41, 5.74) is 2.82. The Morgan fingerprint density at radius 2 is 1.50 bits per heavy atom. The molecule has 0 bridgehead atoms. The topological polar surface area (TPSA) is 32.3 Å². The summed E-state index contributed by atoms with van der Waals surface area (Å²) in [5.74, 6) is -0.170. The summed E-state index contributed by atoms with van der Waals surface area (Å²) in [6.07, 6.45) is 0. The van der Waals surface area contributed by atoms with Crippen molar-refractivity contribution < 1.29 is 4.79 Å². The molecular weight excluding hydrogens is 292 g/mol. The second kappa shape index (κ2) is 7.71. The predicted molar refractivity (Wildman–Crippen MR) is 94.9 cm³/mol. The first-order chi connectivity index (χ1) is 10.7. The van der Waals surface area contributed by atoms with Gasteiger partial charge in [-0.3, -0.25) is 10.1 Å². The third kappa shape index (κ3) is 3.92. The molecule has 0 aliphatic carbocycles. The number of benzene rings is 2.